The van der Waals surface area contributed by atoms with E-state index in [4.69, 9.17) is 10.3 Å². The quantitative estimate of drug-likeness (QED) is 0.932. The maximum absolute atomic E-state index is 6.15. The fourth-order valence-corrected chi connectivity index (χ4v) is 2.90. The van der Waals surface area contributed by atoms with Gasteiger partial charge >= 0.3 is 0 Å². The number of halogens is 1. The minimum absolute atomic E-state index is 0.255. The van der Waals surface area contributed by atoms with Gasteiger partial charge in [-0.1, -0.05) is 18.0 Å². The Morgan fingerprint density at radius 1 is 1.30 bits per heavy atom. The lowest BCUT2D eigenvalue weighted by atomic mass is 9.83. The molecule has 6 heteroatoms. The highest BCUT2D eigenvalue weighted by molar-refractivity contribution is 9.10. The molecule has 2 N–H and O–H groups in total. The molecule has 2 unspecified atom stereocenters. The zero-order chi connectivity index (χ0) is 13.9. The van der Waals surface area contributed by atoms with Crippen LogP contribution in [0.1, 0.15) is 31.6 Å². The molecule has 0 aliphatic heterocycles. The van der Waals surface area contributed by atoms with Crippen LogP contribution in [0.4, 0.5) is 0 Å². The lowest BCUT2D eigenvalue weighted by Gasteiger charge is -2.27. The van der Waals surface area contributed by atoms with E-state index in [1.54, 1.807) is 6.20 Å². The van der Waals surface area contributed by atoms with Crippen molar-refractivity contribution in [2.24, 2.45) is 11.7 Å². The van der Waals surface area contributed by atoms with Crippen molar-refractivity contribution in [2.75, 3.05) is 0 Å². The second kappa shape index (κ2) is 6.01. The van der Waals surface area contributed by atoms with E-state index in [0.717, 1.165) is 29.4 Å². The van der Waals surface area contributed by atoms with Crippen LogP contribution in [0, 0.1) is 5.92 Å². The predicted molar refractivity (Wildman–Crippen MR) is 78.9 cm³/mol. The summed E-state index contributed by atoms with van der Waals surface area (Å²) in [7, 11) is 0. The highest BCUT2D eigenvalue weighted by Crippen LogP contribution is 2.26. The van der Waals surface area contributed by atoms with E-state index in [-0.39, 0.29) is 6.04 Å². The van der Waals surface area contributed by atoms with Crippen LogP contribution in [-0.2, 0) is 6.42 Å². The van der Waals surface area contributed by atoms with Crippen molar-refractivity contribution in [3.63, 3.8) is 0 Å². The van der Waals surface area contributed by atoms with Gasteiger partial charge in [-0.15, -0.1) is 0 Å². The van der Waals surface area contributed by atoms with Crippen molar-refractivity contribution < 1.29 is 4.52 Å². The van der Waals surface area contributed by atoms with Gasteiger partial charge in [0.1, 0.15) is 5.69 Å². The average molecular weight is 337 g/mol. The zero-order valence-electron chi connectivity index (χ0n) is 11.1. The summed E-state index contributed by atoms with van der Waals surface area (Å²) in [5.74, 6) is 1.65. The average Bonchev–Trinajstić information content (AvgIpc) is 2.91. The van der Waals surface area contributed by atoms with Crippen LogP contribution in [0.3, 0.4) is 0 Å². The molecule has 1 saturated carbocycles. The molecule has 0 aromatic carbocycles. The maximum atomic E-state index is 6.15. The van der Waals surface area contributed by atoms with Crippen LogP contribution in [0.2, 0.25) is 0 Å². The topological polar surface area (TPSA) is 77.8 Å². The molecule has 0 bridgehead atoms. The Morgan fingerprint density at radius 2 is 2.15 bits per heavy atom. The Labute approximate surface area is 126 Å². The van der Waals surface area contributed by atoms with E-state index in [1.165, 1.54) is 12.8 Å². The van der Waals surface area contributed by atoms with E-state index in [1.807, 2.05) is 12.1 Å². The Morgan fingerprint density at radius 3 is 2.90 bits per heavy atom. The Balaban J connectivity index is 1.71. The molecule has 0 amide bonds. The minimum atomic E-state index is 0.255. The van der Waals surface area contributed by atoms with Gasteiger partial charge in [0.25, 0.3) is 0 Å². The predicted octanol–water partition coefficient (Wildman–Crippen LogP) is 2.95. The standard InChI is InChI=1S/C14H17BrN4O/c15-10-5-6-12(17-8-10)14-18-13(20-19-14)7-9-3-1-2-4-11(9)16/h5-6,8-9,11H,1-4,7,16H2. The molecule has 2 aromatic rings. The van der Waals surface area contributed by atoms with Crippen LogP contribution < -0.4 is 5.73 Å². The molecule has 106 valence electrons. The molecule has 0 saturated heterocycles. The van der Waals surface area contributed by atoms with Crippen LogP contribution in [0.5, 0.6) is 0 Å². The number of aromatic nitrogens is 3. The fraction of sp³-hybridized carbons (Fsp3) is 0.500. The van der Waals surface area contributed by atoms with Crippen LogP contribution in [-0.4, -0.2) is 21.2 Å². The summed E-state index contributed by atoms with van der Waals surface area (Å²) < 4.78 is 6.26. The van der Waals surface area contributed by atoms with E-state index >= 15 is 0 Å². The van der Waals surface area contributed by atoms with Crippen molar-refractivity contribution >= 4 is 15.9 Å². The first-order valence-corrected chi connectivity index (χ1v) is 7.72. The van der Waals surface area contributed by atoms with E-state index in [2.05, 4.69) is 31.1 Å². The molecular formula is C14H17BrN4O. The molecule has 0 radical (unpaired) electrons. The van der Waals surface area contributed by atoms with Crippen LogP contribution >= 0.6 is 15.9 Å². The largest absolute Gasteiger partial charge is 0.339 e. The molecule has 1 fully saturated rings. The molecule has 3 rings (SSSR count). The van der Waals surface area contributed by atoms with Gasteiger partial charge in [0.2, 0.25) is 11.7 Å². The van der Waals surface area contributed by atoms with Gasteiger partial charge in [0, 0.05) is 23.1 Å². The van der Waals surface area contributed by atoms with Gasteiger partial charge in [-0.05, 0) is 46.8 Å². The zero-order valence-corrected chi connectivity index (χ0v) is 12.7. The van der Waals surface area contributed by atoms with Crippen LogP contribution in [0.25, 0.3) is 11.5 Å². The van der Waals surface area contributed by atoms with Gasteiger partial charge in [0.05, 0.1) is 0 Å². The molecule has 0 spiro atoms. The second-order valence-electron chi connectivity index (χ2n) is 5.29. The van der Waals surface area contributed by atoms with Crippen molar-refractivity contribution in [1.82, 2.24) is 15.1 Å². The molecule has 5 nitrogen and oxygen atoms in total. The molecule has 2 atom stereocenters. The summed E-state index contributed by atoms with van der Waals surface area (Å²) >= 11 is 3.35. The number of rotatable bonds is 3. The number of hydrogen-bond donors (Lipinski definition) is 1. The highest BCUT2D eigenvalue weighted by atomic mass is 79.9. The number of nitrogens with zero attached hydrogens (tertiary/aromatic N) is 3. The van der Waals surface area contributed by atoms with Gasteiger partial charge in [-0.2, -0.15) is 4.98 Å². The smallest absolute Gasteiger partial charge is 0.227 e. The molecule has 20 heavy (non-hydrogen) atoms. The molecule has 1 aliphatic carbocycles. The van der Waals surface area contributed by atoms with Crippen molar-refractivity contribution in [1.29, 1.82) is 0 Å². The normalized spacial score (nSPS) is 22.9. The fourth-order valence-electron chi connectivity index (χ4n) is 2.66. The number of nitrogens with two attached hydrogens (primary N) is 1. The highest BCUT2D eigenvalue weighted by Gasteiger charge is 2.24. The SMILES string of the molecule is NC1CCCCC1Cc1nc(-c2ccc(Br)cn2)no1. The summed E-state index contributed by atoms with van der Waals surface area (Å²) in [6.07, 6.45) is 7.21. The Kier molecular flexibility index (Phi) is 4.12. The van der Waals surface area contributed by atoms with E-state index in [9.17, 15) is 0 Å². The van der Waals surface area contributed by atoms with Crippen molar-refractivity contribution in [3.8, 4) is 11.5 Å². The molecule has 2 aromatic heterocycles. The summed E-state index contributed by atoms with van der Waals surface area (Å²) in [4.78, 5) is 8.69. The molecular weight excluding hydrogens is 320 g/mol. The summed E-state index contributed by atoms with van der Waals surface area (Å²) in [5.41, 5.74) is 6.87. The van der Waals surface area contributed by atoms with E-state index in [0.29, 0.717) is 17.6 Å². The summed E-state index contributed by atoms with van der Waals surface area (Å²) in [6.45, 7) is 0. The van der Waals surface area contributed by atoms with Crippen LogP contribution in [0.15, 0.2) is 27.3 Å². The Hall–Kier alpha value is -1.27. The monoisotopic (exact) mass is 336 g/mol. The van der Waals surface area contributed by atoms with Crippen molar-refractivity contribution in [3.05, 3.63) is 28.7 Å². The Bertz CT molecular complexity index is 569. The van der Waals surface area contributed by atoms with Gasteiger partial charge in [0.15, 0.2) is 0 Å². The lowest BCUT2D eigenvalue weighted by molar-refractivity contribution is 0.273. The van der Waals surface area contributed by atoms with Gasteiger partial charge in [-0.3, -0.25) is 4.98 Å². The molecule has 1 aliphatic rings. The minimum Gasteiger partial charge on any atom is -0.339 e. The second-order valence-corrected chi connectivity index (χ2v) is 6.20. The number of pyridine rings is 1. The lowest BCUT2D eigenvalue weighted by Crippen LogP contribution is -2.34. The first-order valence-electron chi connectivity index (χ1n) is 6.92. The third-order valence-corrected chi connectivity index (χ3v) is 4.30. The first-order chi connectivity index (χ1) is 9.72. The maximum Gasteiger partial charge on any atom is 0.227 e. The third kappa shape index (κ3) is 3.07. The van der Waals surface area contributed by atoms with Gasteiger partial charge < -0.3 is 10.3 Å². The van der Waals surface area contributed by atoms with Crippen molar-refractivity contribution in [2.45, 2.75) is 38.1 Å². The third-order valence-electron chi connectivity index (χ3n) is 3.83. The summed E-state index contributed by atoms with van der Waals surface area (Å²) in [6, 6.07) is 4.03. The molecule has 2 heterocycles. The summed E-state index contributed by atoms with van der Waals surface area (Å²) in [5, 5.41) is 4.00. The first kappa shape index (κ1) is 13.7. The number of hydrogen-bond acceptors (Lipinski definition) is 5. The van der Waals surface area contributed by atoms with E-state index < -0.39 is 0 Å². The van der Waals surface area contributed by atoms with Gasteiger partial charge in [-0.25, -0.2) is 0 Å².